The van der Waals surface area contributed by atoms with Crippen molar-refractivity contribution in [2.75, 3.05) is 31.4 Å². The lowest BCUT2D eigenvalue weighted by Gasteiger charge is -2.61. The molecule has 3 fully saturated rings. The third kappa shape index (κ3) is 5.55. The van der Waals surface area contributed by atoms with Gasteiger partial charge in [0.1, 0.15) is 23.5 Å². The summed E-state index contributed by atoms with van der Waals surface area (Å²) in [6.45, 7) is 5.22. The van der Waals surface area contributed by atoms with Gasteiger partial charge < -0.3 is 14.2 Å². The van der Waals surface area contributed by atoms with E-state index < -0.39 is 5.82 Å². The third-order valence-corrected chi connectivity index (χ3v) is 9.35. The van der Waals surface area contributed by atoms with Gasteiger partial charge in [0.25, 0.3) is 0 Å². The van der Waals surface area contributed by atoms with Crippen molar-refractivity contribution in [3.63, 3.8) is 0 Å². The lowest BCUT2D eigenvalue weighted by molar-refractivity contribution is -0.138. The van der Waals surface area contributed by atoms with Crippen molar-refractivity contribution in [1.82, 2.24) is 19.2 Å². The first-order chi connectivity index (χ1) is 19.4. The molecule has 2 saturated carbocycles. The van der Waals surface area contributed by atoms with Crippen LogP contribution in [0.2, 0.25) is 0 Å². The van der Waals surface area contributed by atoms with E-state index in [1.807, 2.05) is 18.3 Å². The normalized spacial score (nSPS) is 19.3. The molecule has 3 aromatic rings. The molecule has 0 atom stereocenters. The number of nitriles is 1. The van der Waals surface area contributed by atoms with Gasteiger partial charge in [0.15, 0.2) is 11.6 Å². The predicted molar refractivity (Wildman–Crippen MR) is 155 cm³/mol. The number of hydrogen-bond donors (Lipinski definition) is 1. The molecule has 0 radical (unpaired) electrons. The van der Waals surface area contributed by atoms with Gasteiger partial charge in [0, 0.05) is 49.3 Å². The molecule has 1 N–H and O–H groups in total. The van der Waals surface area contributed by atoms with Crippen molar-refractivity contribution in [2.45, 2.75) is 64.0 Å². The molecule has 3 aliphatic rings. The number of halogens is 1. The van der Waals surface area contributed by atoms with E-state index in [4.69, 9.17) is 9.47 Å². The monoisotopic (exact) mass is 562 g/mol. The highest BCUT2D eigenvalue weighted by atomic mass is 32.2. The second-order valence-corrected chi connectivity index (χ2v) is 12.4. The standard InChI is InChI=1S/C30H35FN6O2S/c1-3-36(2)40-35-25-12-10-24(31)29(23(25)16-32)39-21-9-11-26-27(13-21)34-28(17-33-26)38-22-14-30(15-22)18-37(19-30)20-7-5-4-6-8-20/h9-13,17,20,22,35H,3-8,14-15,18-19H2,1-2H3. The van der Waals surface area contributed by atoms with Crippen LogP contribution in [0.1, 0.15) is 57.4 Å². The SMILES string of the molecule is CCN(C)SNc1ccc(F)c(Oc2ccc3ncc(OC4CC5(C4)CN(C4CCCCC4)C5)nc3c2)c1C#N. The molecule has 1 saturated heterocycles. The van der Waals surface area contributed by atoms with E-state index in [2.05, 4.69) is 25.7 Å². The van der Waals surface area contributed by atoms with Crippen LogP contribution in [0.25, 0.3) is 11.0 Å². The van der Waals surface area contributed by atoms with Gasteiger partial charge in [0.05, 0.1) is 22.9 Å². The number of aromatic nitrogens is 2. The highest BCUT2D eigenvalue weighted by Gasteiger charge is 2.54. The summed E-state index contributed by atoms with van der Waals surface area (Å²) >= 11 is 1.33. The third-order valence-electron chi connectivity index (χ3n) is 8.47. The molecular formula is C30H35FN6O2S. The number of likely N-dealkylation sites (tertiary alicyclic amines) is 1. The summed E-state index contributed by atoms with van der Waals surface area (Å²) in [7, 11) is 1.92. The molecule has 2 aliphatic carbocycles. The fourth-order valence-corrected chi connectivity index (χ4v) is 6.75. The maximum Gasteiger partial charge on any atom is 0.233 e. The summed E-state index contributed by atoms with van der Waals surface area (Å²) in [6, 6.07) is 10.9. The molecule has 2 aromatic carbocycles. The van der Waals surface area contributed by atoms with Gasteiger partial charge in [-0.15, -0.1) is 0 Å². The van der Waals surface area contributed by atoms with Gasteiger partial charge in [-0.2, -0.15) is 5.26 Å². The van der Waals surface area contributed by atoms with Gasteiger partial charge >= 0.3 is 0 Å². The fourth-order valence-electron chi connectivity index (χ4n) is 6.20. The van der Waals surface area contributed by atoms with E-state index in [1.54, 1.807) is 24.4 Å². The lowest BCUT2D eigenvalue weighted by atomic mass is 9.61. The summed E-state index contributed by atoms with van der Waals surface area (Å²) in [5.74, 6) is 0.107. The largest absolute Gasteiger partial charge is 0.473 e. The highest BCUT2D eigenvalue weighted by Crippen LogP contribution is 2.51. The van der Waals surface area contributed by atoms with E-state index in [0.29, 0.717) is 33.8 Å². The van der Waals surface area contributed by atoms with Crippen LogP contribution in [0.15, 0.2) is 36.5 Å². The Labute approximate surface area is 239 Å². The zero-order valence-electron chi connectivity index (χ0n) is 23.0. The molecule has 40 heavy (non-hydrogen) atoms. The average Bonchev–Trinajstić information content (AvgIpc) is 2.93. The Kier molecular flexibility index (Phi) is 7.71. The van der Waals surface area contributed by atoms with Crippen LogP contribution in [-0.2, 0) is 0 Å². The maximum absolute atomic E-state index is 14.8. The summed E-state index contributed by atoms with van der Waals surface area (Å²) in [6.07, 6.45) is 10.8. The first kappa shape index (κ1) is 27.1. The molecule has 6 rings (SSSR count). The zero-order valence-corrected chi connectivity index (χ0v) is 23.8. The van der Waals surface area contributed by atoms with E-state index >= 15 is 0 Å². The molecule has 2 heterocycles. The number of fused-ring (bicyclic) bond motifs is 1. The second kappa shape index (κ2) is 11.4. The Morgan fingerprint density at radius 1 is 1.18 bits per heavy atom. The highest BCUT2D eigenvalue weighted by molar-refractivity contribution is 7.98. The first-order valence-electron chi connectivity index (χ1n) is 14.2. The molecule has 210 valence electrons. The minimum Gasteiger partial charge on any atom is -0.473 e. The Bertz CT molecular complexity index is 1410. The number of hydrogen-bond acceptors (Lipinski definition) is 9. The van der Waals surface area contributed by atoms with Crippen LogP contribution >= 0.6 is 12.1 Å². The Hall–Kier alpha value is -3.13. The van der Waals surface area contributed by atoms with Gasteiger partial charge in [-0.05, 0) is 57.0 Å². The summed E-state index contributed by atoms with van der Waals surface area (Å²) in [4.78, 5) is 11.9. The minimum atomic E-state index is -0.615. The minimum absolute atomic E-state index is 0.0947. The van der Waals surface area contributed by atoms with Crippen molar-refractivity contribution in [1.29, 1.82) is 5.26 Å². The van der Waals surface area contributed by atoms with Crippen LogP contribution < -0.4 is 14.2 Å². The van der Waals surface area contributed by atoms with Crippen LogP contribution in [0.5, 0.6) is 17.4 Å². The molecule has 1 aromatic heterocycles. The van der Waals surface area contributed by atoms with E-state index in [9.17, 15) is 9.65 Å². The Morgan fingerprint density at radius 3 is 2.73 bits per heavy atom. The van der Waals surface area contributed by atoms with Crippen molar-refractivity contribution < 1.29 is 13.9 Å². The van der Waals surface area contributed by atoms with E-state index in [-0.39, 0.29) is 17.4 Å². The van der Waals surface area contributed by atoms with Gasteiger partial charge in [0.2, 0.25) is 5.88 Å². The van der Waals surface area contributed by atoms with Crippen LogP contribution in [0, 0.1) is 22.6 Å². The number of nitrogens with zero attached hydrogens (tertiary/aromatic N) is 5. The van der Waals surface area contributed by atoms with E-state index in [1.165, 1.54) is 69.5 Å². The van der Waals surface area contributed by atoms with Gasteiger partial charge in [-0.25, -0.2) is 18.7 Å². The molecule has 1 aliphatic heterocycles. The van der Waals surface area contributed by atoms with Crippen LogP contribution in [-0.4, -0.2) is 58.0 Å². The number of ether oxygens (including phenoxy) is 2. The van der Waals surface area contributed by atoms with Crippen molar-refractivity contribution >= 4 is 28.9 Å². The number of benzene rings is 2. The number of anilines is 1. The average molecular weight is 563 g/mol. The Morgan fingerprint density at radius 2 is 1.98 bits per heavy atom. The second-order valence-electron chi connectivity index (χ2n) is 11.4. The molecule has 1 spiro atoms. The molecule has 0 unspecified atom stereocenters. The van der Waals surface area contributed by atoms with Gasteiger partial charge in [-0.3, -0.25) is 4.90 Å². The van der Waals surface area contributed by atoms with Crippen LogP contribution in [0.3, 0.4) is 0 Å². The zero-order chi connectivity index (χ0) is 27.7. The molecular weight excluding hydrogens is 527 g/mol. The molecule has 0 amide bonds. The number of rotatable bonds is 9. The van der Waals surface area contributed by atoms with Gasteiger partial charge in [-0.1, -0.05) is 26.2 Å². The summed E-state index contributed by atoms with van der Waals surface area (Å²) in [5.41, 5.74) is 2.26. The molecule has 0 bridgehead atoms. The van der Waals surface area contributed by atoms with Crippen molar-refractivity contribution in [3.05, 3.63) is 47.9 Å². The van der Waals surface area contributed by atoms with Crippen molar-refractivity contribution in [3.8, 4) is 23.4 Å². The predicted octanol–water partition coefficient (Wildman–Crippen LogP) is 6.54. The Balaban J connectivity index is 1.11. The van der Waals surface area contributed by atoms with E-state index in [0.717, 1.165) is 25.4 Å². The maximum atomic E-state index is 14.8. The summed E-state index contributed by atoms with van der Waals surface area (Å²) in [5, 5.41) is 9.78. The van der Waals surface area contributed by atoms with Crippen molar-refractivity contribution in [2.24, 2.45) is 5.41 Å². The lowest BCUT2D eigenvalue weighted by Crippen LogP contribution is -2.66. The molecule has 10 heteroatoms. The number of nitrogens with one attached hydrogen (secondary N) is 1. The fraction of sp³-hybridized carbons (Fsp3) is 0.500. The van der Waals surface area contributed by atoms with Crippen LogP contribution in [0.4, 0.5) is 10.1 Å². The molecule has 8 nitrogen and oxygen atoms in total. The smallest absolute Gasteiger partial charge is 0.233 e. The first-order valence-corrected chi connectivity index (χ1v) is 14.9. The summed E-state index contributed by atoms with van der Waals surface area (Å²) < 4.78 is 31.9. The topological polar surface area (TPSA) is 86.5 Å². The quantitative estimate of drug-likeness (QED) is 0.292.